The van der Waals surface area contributed by atoms with Crippen molar-refractivity contribution in [3.63, 3.8) is 0 Å². The van der Waals surface area contributed by atoms with E-state index < -0.39 is 28.8 Å². The molecule has 3 heterocycles. The van der Waals surface area contributed by atoms with Gasteiger partial charge >= 0.3 is 12.2 Å². The summed E-state index contributed by atoms with van der Waals surface area (Å²) in [7, 11) is -2.22. The second kappa shape index (κ2) is 9.93. The van der Waals surface area contributed by atoms with E-state index >= 15 is 0 Å². The number of urea groups is 1. The van der Waals surface area contributed by atoms with Gasteiger partial charge in [0.25, 0.3) is 10.0 Å². The predicted molar refractivity (Wildman–Crippen MR) is 132 cm³/mol. The van der Waals surface area contributed by atoms with Gasteiger partial charge in [-0.15, -0.1) is 0 Å². The average Bonchev–Trinajstić information content (AvgIpc) is 3.51. The molecule has 1 aliphatic rings. The van der Waals surface area contributed by atoms with Crippen LogP contribution in [0.1, 0.15) is 13.3 Å². The summed E-state index contributed by atoms with van der Waals surface area (Å²) in [5, 5.41) is 2.35. The summed E-state index contributed by atoms with van der Waals surface area (Å²) in [4.78, 5) is 23.5. The third-order valence-electron chi connectivity index (χ3n) is 6.56. The lowest BCUT2D eigenvalue weighted by molar-refractivity contribution is -0.123. The number of carbonyl (C=O) groups excluding carboxylic acids is 1. The number of nitrogens with zero attached hydrogens (tertiary/aromatic N) is 5. The van der Waals surface area contributed by atoms with Crippen LogP contribution in [0, 0.1) is 12.5 Å². The smallest absolute Gasteiger partial charge is 0.378 e. The van der Waals surface area contributed by atoms with E-state index in [4.69, 9.17) is 6.57 Å². The summed E-state index contributed by atoms with van der Waals surface area (Å²) >= 11 is 0. The molecule has 0 spiro atoms. The number of benzene rings is 1. The van der Waals surface area contributed by atoms with Crippen LogP contribution in [-0.4, -0.2) is 67.2 Å². The van der Waals surface area contributed by atoms with Crippen molar-refractivity contribution in [2.75, 3.05) is 31.6 Å². The summed E-state index contributed by atoms with van der Waals surface area (Å²) in [6, 6.07) is 8.34. The van der Waals surface area contributed by atoms with Crippen LogP contribution < -0.4 is 10.2 Å². The van der Waals surface area contributed by atoms with Crippen molar-refractivity contribution in [3.8, 4) is 0 Å². The Kier molecular flexibility index (Phi) is 7.05. The first-order valence-corrected chi connectivity index (χ1v) is 12.9. The standard InChI is InChI=1S/C24H25F3N6O3S/c1-4-16-13-32(23(34)30-15-24(25,26)27)14-20(16)31(3)21-18-10-11-33(22(18)29-12-19(21)28-2)37(35,36)17-8-6-5-7-9-17/h5-12,16,20H,4,13-15H2,1,3H3,(H,30,34)/t16-,20?/m1/s1. The largest absolute Gasteiger partial charge is 0.405 e. The minimum Gasteiger partial charge on any atom is -0.378 e. The van der Waals surface area contributed by atoms with Crippen molar-refractivity contribution in [1.29, 1.82) is 0 Å². The molecule has 1 N–H and O–H groups in total. The Morgan fingerprint density at radius 1 is 1.24 bits per heavy atom. The topological polar surface area (TPSA) is 91.9 Å². The Labute approximate surface area is 212 Å². The molecule has 1 aromatic carbocycles. The number of nitrogens with one attached hydrogen (secondary N) is 1. The molecule has 0 bridgehead atoms. The van der Waals surface area contributed by atoms with Crippen molar-refractivity contribution >= 4 is 38.5 Å². The van der Waals surface area contributed by atoms with Crippen LogP contribution in [0.15, 0.2) is 53.7 Å². The molecular weight excluding hydrogens is 509 g/mol. The highest BCUT2D eigenvalue weighted by Crippen LogP contribution is 2.39. The van der Waals surface area contributed by atoms with Gasteiger partial charge in [0.05, 0.1) is 17.2 Å². The Hall–Kier alpha value is -3.79. The number of halogens is 3. The summed E-state index contributed by atoms with van der Waals surface area (Å²) in [6.45, 7) is 8.55. The first kappa shape index (κ1) is 26.3. The highest BCUT2D eigenvalue weighted by molar-refractivity contribution is 7.90. The SMILES string of the molecule is [C-]#[N+]c1cnc2c(ccn2S(=O)(=O)c2ccccc2)c1N(C)C1CN(C(=O)NCC(F)(F)F)C[C@H]1CC. The monoisotopic (exact) mass is 534 g/mol. The molecule has 0 aliphatic carbocycles. The molecule has 1 aliphatic heterocycles. The zero-order valence-corrected chi connectivity index (χ0v) is 20.9. The van der Waals surface area contributed by atoms with E-state index in [-0.39, 0.29) is 41.3 Å². The molecule has 2 aromatic heterocycles. The summed E-state index contributed by atoms with van der Waals surface area (Å²) < 4.78 is 65.3. The van der Waals surface area contributed by atoms with Crippen molar-refractivity contribution < 1.29 is 26.4 Å². The van der Waals surface area contributed by atoms with Crippen molar-refractivity contribution in [2.45, 2.75) is 30.5 Å². The number of fused-ring (bicyclic) bond motifs is 1. The molecular formula is C24H25F3N6O3S. The van der Waals surface area contributed by atoms with Gasteiger partial charge in [0.1, 0.15) is 6.54 Å². The quantitative estimate of drug-likeness (QED) is 0.478. The number of likely N-dealkylation sites (N-methyl/N-ethyl adjacent to an activating group) is 1. The molecule has 1 unspecified atom stereocenters. The minimum atomic E-state index is -4.52. The Bertz CT molecular complexity index is 1450. The first-order valence-electron chi connectivity index (χ1n) is 11.5. The first-order chi connectivity index (χ1) is 17.5. The van der Waals surface area contributed by atoms with Gasteiger partial charge in [0, 0.05) is 44.0 Å². The third-order valence-corrected chi connectivity index (χ3v) is 8.24. The Morgan fingerprint density at radius 2 is 1.95 bits per heavy atom. The summed E-state index contributed by atoms with van der Waals surface area (Å²) in [5.74, 6) is -0.0847. The molecule has 4 rings (SSSR count). The molecule has 2 atom stereocenters. The molecule has 13 heteroatoms. The van der Waals surface area contributed by atoms with Gasteiger partial charge in [-0.1, -0.05) is 25.1 Å². The van der Waals surface area contributed by atoms with Crippen LogP contribution in [0.3, 0.4) is 0 Å². The number of pyridine rings is 1. The number of alkyl halides is 3. The van der Waals surface area contributed by atoms with Crippen LogP contribution in [0.5, 0.6) is 0 Å². The number of carbonyl (C=O) groups is 1. The van der Waals surface area contributed by atoms with E-state index in [9.17, 15) is 26.4 Å². The van der Waals surface area contributed by atoms with Crippen LogP contribution in [0.25, 0.3) is 15.9 Å². The number of hydrogen-bond donors (Lipinski definition) is 1. The van der Waals surface area contributed by atoms with Gasteiger partial charge in [-0.3, -0.25) is 0 Å². The Morgan fingerprint density at radius 3 is 2.57 bits per heavy atom. The fraction of sp³-hybridized carbons (Fsp3) is 0.375. The summed E-state index contributed by atoms with van der Waals surface area (Å²) in [6.07, 6.45) is -1.19. The van der Waals surface area contributed by atoms with E-state index in [1.807, 2.05) is 17.1 Å². The molecule has 1 saturated heterocycles. The molecule has 2 amide bonds. The molecule has 9 nitrogen and oxygen atoms in total. The van der Waals surface area contributed by atoms with E-state index in [0.29, 0.717) is 17.5 Å². The lowest BCUT2D eigenvalue weighted by Crippen LogP contribution is -2.44. The third kappa shape index (κ3) is 5.06. The second-order valence-corrected chi connectivity index (χ2v) is 10.6. The zero-order valence-electron chi connectivity index (χ0n) is 20.1. The van der Waals surface area contributed by atoms with Gasteiger partial charge in [0.15, 0.2) is 5.65 Å². The van der Waals surface area contributed by atoms with Crippen LogP contribution in [0.2, 0.25) is 0 Å². The number of anilines is 1. The molecule has 37 heavy (non-hydrogen) atoms. The van der Waals surface area contributed by atoms with Crippen LogP contribution in [0.4, 0.5) is 29.3 Å². The van der Waals surface area contributed by atoms with Gasteiger partial charge in [-0.2, -0.15) is 13.2 Å². The average molecular weight is 535 g/mol. The number of likely N-dealkylation sites (tertiary alicyclic amines) is 1. The van der Waals surface area contributed by atoms with Gasteiger partial charge in [0.2, 0.25) is 5.69 Å². The normalized spacial score (nSPS) is 18.1. The minimum absolute atomic E-state index is 0.0841. The second-order valence-electron chi connectivity index (χ2n) is 8.80. The van der Waals surface area contributed by atoms with Crippen molar-refractivity contribution in [1.82, 2.24) is 19.2 Å². The van der Waals surface area contributed by atoms with Crippen molar-refractivity contribution in [2.24, 2.45) is 5.92 Å². The lowest BCUT2D eigenvalue weighted by Gasteiger charge is -2.31. The maximum absolute atomic E-state index is 13.3. The fourth-order valence-electron chi connectivity index (χ4n) is 4.70. The maximum atomic E-state index is 13.3. The van der Waals surface area contributed by atoms with Gasteiger partial charge in [-0.25, -0.2) is 27.0 Å². The van der Waals surface area contributed by atoms with E-state index in [1.165, 1.54) is 29.4 Å². The van der Waals surface area contributed by atoms with E-state index in [1.54, 1.807) is 31.3 Å². The molecule has 3 aromatic rings. The highest BCUT2D eigenvalue weighted by Gasteiger charge is 2.39. The summed E-state index contributed by atoms with van der Waals surface area (Å²) in [5.41, 5.74) is 0.784. The fourth-order valence-corrected chi connectivity index (χ4v) is 6.03. The zero-order chi connectivity index (χ0) is 27.0. The van der Waals surface area contributed by atoms with Gasteiger partial charge in [-0.05, 0) is 30.5 Å². The van der Waals surface area contributed by atoms with Crippen LogP contribution >= 0.6 is 0 Å². The molecule has 0 radical (unpaired) electrons. The van der Waals surface area contributed by atoms with E-state index in [0.717, 1.165) is 3.97 Å². The predicted octanol–water partition coefficient (Wildman–Crippen LogP) is 4.24. The maximum Gasteiger partial charge on any atom is 0.405 e. The number of amides is 2. The number of aromatic nitrogens is 2. The van der Waals surface area contributed by atoms with Crippen LogP contribution in [-0.2, 0) is 10.0 Å². The Balaban J connectivity index is 1.70. The highest BCUT2D eigenvalue weighted by atomic mass is 32.2. The number of rotatable bonds is 6. The lowest BCUT2D eigenvalue weighted by atomic mass is 9.99. The molecule has 196 valence electrons. The van der Waals surface area contributed by atoms with Crippen molar-refractivity contribution in [3.05, 3.63) is 60.2 Å². The molecule has 1 fully saturated rings. The van der Waals surface area contributed by atoms with E-state index in [2.05, 4.69) is 9.83 Å². The van der Waals surface area contributed by atoms with Gasteiger partial charge < -0.3 is 15.1 Å². The number of hydrogen-bond acceptors (Lipinski definition) is 5. The molecule has 0 saturated carbocycles.